The number of ether oxygens (including phenoxy) is 4. The highest BCUT2D eigenvalue weighted by Crippen LogP contribution is 2.45. The minimum Gasteiger partial charge on any atom is -0.493 e. The predicted molar refractivity (Wildman–Crippen MR) is 304 cm³/mol. The number of nitrogens with two attached hydrogens (primary N) is 1. The first kappa shape index (κ1) is 59.3. The zero-order chi connectivity index (χ0) is 54.3. The van der Waals surface area contributed by atoms with Gasteiger partial charge in [-0.15, -0.1) is 14.5 Å². The minimum absolute atomic E-state index is 0.0464. The molecular weight excluding hydrogens is 964 g/mol. The number of aliphatic imine (C=N–C) groups is 1. The third kappa shape index (κ3) is 19.9. The molecule has 13 nitrogen and oxygen atoms in total. The second-order valence-electron chi connectivity index (χ2n) is 20.8. The van der Waals surface area contributed by atoms with E-state index in [0.717, 1.165) is 44.7 Å². The monoisotopic (exact) mass is 1040 g/mol. The molecule has 0 bridgehead atoms. The van der Waals surface area contributed by atoms with Crippen molar-refractivity contribution >= 4 is 64.8 Å². The number of Topliss-reactive ketones (excluding diaryl/α,β-unsaturated/α-hetero) is 2. The van der Waals surface area contributed by atoms with Crippen molar-refractivity contribution in [3.05, 3.63) is 121 Å². The van der Waals surface area contributed by atoms with Crippen molar-refractivity contribution in [2.45, 2.75) is 111 Å². The van der Waals surface area contributed by atoms with Gasteiger partial charge in [-0.3, -0.25) is 24.2 Å². The summed E-state index contributed by atoms with van der Waals surface area (Å²) in [5.41, 5.74) is 7.99. The lowest BCUT2D eigenvalue weighted by atomic mass is 9.91. The SMILES string of the molecule is C=CC[C@H](CC(=O)[C@@H](CCCN=C(N)CP(C)C)NC(=O)[C@@H](CCCCNC(=O)OC(C)(C)C)CC(=O)COc1ccc2ccccc2c1-c1c(OCCC(C)C)ccc2ccccc12)C(=O)OCc1ccccc1. The zero-order valence-corrected chi connectivity index (χ0v) is 46.1. The maximum atomic E-state index is 14.6. The summed E-state index contributed by atoms with van der Waals surface area (Å²) >= 11 is 0. The van der Waals surface area contributed by atoms with Gasteiger partial charge >= 0.3 is 12.1 Å². The maximum Gasteiger partial charge on any atom is 0.407 e. The van der Waals surface area contributed by atoms with E-state index < -0.39 is 41.4 Å². The van der Waals surface area contributed by atoms with Crippen LogP contribution >= 0.6 is 7.92 Å². The number of carbonyl (C=O) groups is 5. The first-order valence-electron chi connectivity index (χ1n) is 26.3. The Bertz CT molecular complexity index is 2720. The number of nitrogens with zero attached hydrogens (tertiary/aromatic N) is 1. The number of alkyl carbamates (subject to hydrolysis) is 1. The second kappa shape index (κ2) is 30.1. The third-order valence-electron chi connectivity index (χ3n) is 12.5. The lowest BCUT2D eigenvalue weighted by molar-refractivity contribution is -0.151. The molecule has 5 aromatic carbocycles. The van der Waals surface area contributed by atoms with Gasteiger partial charge in [0, 0.05) is 49.1 Å². The zero-order valence-electron chi connectivity index (χ0n) is 45.2. The van der Waals surface area contributed by atoms with Gasteiger partial charge in [0.05, 0.1) is 24.4 Å². The minimum atomic E-state index is -1.00. The fourth-order valence-corrected chi connectivity index (χ4v) is 9.44. The predicted octanol–water partition coefficient (Wildman–Crippen LogP) is 12.0. The number of carbonyl (C=O) groups excluding carboxylic acids is 5. The van der Waals surface area contributed by atoms with E-state index in [1.165, 1.54) is 0 Å². The number of fused-ring (bicyclic) bond motifs is 2. The Labute approximate surface area is 445 Å². The van der Waals surface area contributed by atoms with Gasteiger partial charge in [0.2, 0.25) is 5.91 Å². The molecule has 0 unspecified atom stereocenters. The van der Waals surface area contributed by atoms with Crippen LogP contribution < -0.4 is 25.8 Å². The van der Waals surface area contributed by atoms with Crippen LogP contribution in [0.1, 0.15) is 98.0 Å². The molecular formula is C61H79N4O9P. The van der Waals surface area contributed by atoms with Crippen LogP contribution in [0.3, 0.4) is 0 Å². The Balaban J connectivity index is 1.41. The highest BCUT2D eigenvalue weighted by Gasteiger charge is 2.31. The summed E-state index contributed by atoms with van der Waals surface area (Å²) in [6.45, 7) is 18.6. The quantitative estimate of drug-likeness (QED) is 0.00963. The van der Waals surface area contributed by atoms with E-state index in [4.69, 9.17) is 24.7 Å². The van der Waals surface area contributed by atoms with Crippen molar-refractivity contribution < 1.29 is 42.9 Å². The summed E-state index contributed by atoms with van der Waals surface area (Å²) in [4.78, 5) is 73.7. The van der Waals surface area contributed by atoms with Crippen LogP contribution in [0.2, 0.25) is 0 Å². The van der Waals surface area contributed by atoms with Crippen LogP contribution in [0.25, 0.3) is 32.7 Å². The summed E-state index contributed by atoms with van der Waals surface area (Å²) in [6, 6.07) is 32.3. The van der Waals surface area contributed by atoms with E-state index >= 15 is 0 Å². The molecule has 0 aromatic heterocycles. The molecule has 0 aliphatic rings. The van der Waals surface area contributed by atoms with Gasteiger partial charge in [0.1, 0.15) is 30.3 Å². The van der Waals surface area contributed by atoms with E-state index in [1.807, 2.05) is 84.9 Å². The summed E-state index contributed by atoms with van der Waals surface area (Å²) in [7, 11) is -0.301. The first-order chi connectivity index (χ1) is 35.9. The molecule has 4 N–H and O–H groups in total. The Kier molecular flexibility index (Phi) is 23.8. The molecule has 0 radical (unpaired) electrons. The van der Waals surface area contributed by atoms with Crippen LogP contribution in [0.15, 0.2) is 121 Å². The Morgan fingerprint density at radius 3 is 1.99 bits per heavy atom. The lowest BCUT2D eigenvalue weighted by Gasteiger charge is -2.24. The molecule has 5 rings (SSSR count). The molecule has 0 saturated carbocycles. The molecule has 0 heterocycles. The maximum absolute atomic E-state index is 14.6. The van der Waals surface area contributed by atoms with Crippen LogP contribution in [0, 0.1) is 17.8 Å². The van der Waals surface area contributed by atoms with Crippen LogP contribution in [0.5, 0.6) is 11.5 Å². The number of ketones is 2. The number of esters is 1. The average molecular weight is 1040 g/mol. The Morgan fingerprint density at radius 2 is 1.37 bits per heavy atom. The van der Waals surface area contributed by atoms with Gasteiger partial charge in [-0.25, -0.2) is 4.79 Å². The summed E-state index contributed by atoms with van der Waals surface area (Å²) in [5.74, 6) is -1.22. The van der Waals surface area contributed by atoms with Crippen molar-refractivity contribution in [1.29, 1.82) is 0 Å². The molecule has 14 heteroatoms. The van der Waals surface area contributed by atoms with Crippen molar-refractivity contribution in [1.82, 2.24) is 10.6 Å². The first-order valence-corrected chi connectivity index (χ1v) is 28.7. The largest absolute Gasteiger partial charge is 0.493 e. The fraction of sp³-hybridized carbons (Fsp3) is 0.443. The van der Waals surface area contributed by atoms with Gasteiger partial charge in [-0.2, -0.15) is 0 Å². The topological polar surface area (TPSA) is 185 Å². The van der Waals surface area contributed by atoms with Crippen LogP contribution in [-0.2, 0) is 35.3 Å². The Hall–Kier alpha value is -6.59. The average Bonchev–Trinajstić information content (AvgIpc) is 3.36. The van der Waals surface area contributed by atoms with Gasteiger partial charge < -0.3 is 35.3 Å². The Morgan fingerprint density at radius 1 is 0.747 bits per heavy atom. The van der Waals surface area contributed by atoms with Crippen molar-refractivity contribution in [3.8, 4) is 22.6 Å². The van der Waals surface area contributed by atoms with Crippen molar-refractivity contribution in [2.75, 3.05) is 45.8 Å². The molecule has 2 amide bonds. The van der Waals surface area contributed by atoms with Crippen molar-refractivity contribution in [3.63, 3.8) is 0 Å². The highest BCUT2D eigenvalue weighted by atomic mass is 31.1. The molecule has 75 heavy (non-hydrogen) atoms. The molecule has 0 aliphatic carbocycles. The van der Waals surface area contributed by atoms with Crippen molar-refractivity contribution in [2.24, 2.45) is 28.5 Å². The molecule has 5 aromatic rings. The number of allylic oxidation sites excluding steroid dienone is 1. The van der Waals surface area contributed by atoms with Gasteiger partial charge in [-0.1, -0.05) is 117 Å². The number of nitrogens with one attached hydrogen (secondary N) is 2. The molecule has 0 fully saturated rings. The summed E-state index contributed by atoms with van der Waals surface area (Å²) < 4.78 is 24.1. The molecule has 0 spiro atoms. The van der Waals surface area contributed by atoms with Gasteiger partial charge in [-0.05, 0) is 118 Å². The smallest absolute Gasteiger partial charge is 0.407 e. The summed E-state index contributed by atoms with van der Waals surface area (Å²) in [5, 5.41) is 9.68. The van der Waals surface area contributed by atoms with Gasteiger partial charge in [0.25, 0.3) is 0 Å². The van der Waals surface area contributed by atoms with Crippen LogP contribution in [-0.4, -0.2) is 92.8 Å². The molecule has 0 aliphatic heterocycles. The molecule has 0 saturated heterocycles. The molecule has 3 atom stereocenters. The fourth-order valence-electron chi connectivity index (χ4n) is 8.69. The highest BCUT2D eigenvalue weighted by molar-refractivity contribution is 7.57. The molecule has 402 valence electrons. The number of hydrogen-bond donors (Lipinski definition) is 3. The number of rotatable bonds is 31. The number of hydrogen-bond acceptors (Lipinski definition) is 10. The number of benzene rings is 5. The third-order valence-corrected chi connectivity index (χ3v) is 13.4. The normalized spacial score (nSPS) is 13.0. The lowest BCUT2D eigenvalue weighted by Crippen LogP contribution is -2.45. The summed E-state index contributed by atoms with van der Waals surface area (Å²) in [6.07, 6.45) is 4.27. The van der Waals surface area contributed by atoms with E-state index in [0.29, 0.717) is 61.8 Å². The van der Waals surface area contributed by atoms with E-state index in [9.17, 15) is 24.0 Å². The van der Waals surface area contributed by atoms with Gasteiger partial charge in [0.15, 0.2) is 11.6 Å². The second-order valence-corrected chi connectivity index (χ2v) is 23.3. The van der Waals surface area contributed by atoms with Crippen LogP contribution in [0.4, 0.5) is 4.79 Å². The number of unbranched alkanes of at least 4 members (excludes halogenated alkanes) is 1. The van der Waals surface area contributed by atoms with E-state index in [1.54, 1.807) is 26.8 Å². The van der Waals surface area contributed by atoms with E-state index in [2.05, 4.69) is 67.6 Å². The number of amidine groups is 1. The standard InChI is InChI=1S/C61H79N4O9P/c1-9-20-47(59(69)73-39-43-21-11-10-12-22-43)38-52(67)51(28-19-35-63-55(62)41-75(7)8)65-58(68)46(25-17-18-34-64-60(70)74-61(4,5)6)37-48(66)40-72-54-32-30-45-24-14-16-27-50(45)57(54)56-49-26-15-13-23-44(49)29-31-53(56)71-36-33-42(2)3/h9-16,21-24,26-27,29-32,42,46-47,51H,1,17-20,25,28,33-41H2,2-8H3,(H2,62,63)(H,64,70)(H,65,68)/t46-,47+,51+/m0/s1. The number of amides is 2. The van der Waals surface area contributed by atoms with E-state index in [-0.39, 0.29) is 71.4 Å².